The summed E-state index contributed by atoms with van der Waals surface area (Å²) in [6.07, 6.45) is 3.52. The molecule has 0 fully saturated rings. The number of benzene rings is 1. The summed E-state index contributed by atoms with van der Waals surface area (Å²) in [6.45, 7) is 0. The van der Waals surface area contributed by atoms with Crippen LogP contribution in [0.15, 0.2) is 30.7 Å². The van der Waals surface area contributed by atoms with Crippen LogP contribution in [-0.4, -0.2) is 31.8 Å². The number of nitrogens with zero attached hydrogens (tertiary/aromatic N) is 2. The van der Waals surface area contributed by atoms with Gasteiger partial charge in [-0.3, -0.25) is 0 Å². The standard InChI is InChI=1S/C10H8AsN3/c11-7-3-1-2-6-9(7)12-4-8-10(6)14-5-13-8/h1-5H,11H2,(H,13,14). The van der Waals surface area contributed by atoms with E-state index in [9.17, 15) is 0 Å². The number of fused-ring (bicyclic) bond motifs is 3. The molecule has 0 aliphatic rings. The van der Waals surface area contributed by atoms with Crippen LogP contribution in [0.25, 0.3) is 21.9 Å². The first-order valence-corrected chi connectivity index (χ1v) is 5.53. The Balaban J connectivity index is 2.64. The summed E-state index contributed by atoms with van der Waals surface area (Å²) < 4.78 is 1.26. The first kappa shape index (κ1) is 8.01. The number of imidazole rings is 1. The van der Waals surface area contributed by atoms with E-state index < -0.39 is 0 Å². The molecule has 2 aromatic heterocycles. The molecule has 1 N–H and O–H groups in total. The number of H-pyrrole nitrogens is 1. The number of hydrogen-bond donors (Lipinski definition) is 1. The fraction of sp³-hybridized carbons (Fsp3) is 0. The van der Waals surface area contributed by atoms with Crippen molar-refractivity contribution in [2.75, 3.05) is 0 Å². The summed E-state index contributed by atoms with van der Waals surface area (Å²) in [6, 6.07) is 6.23. The van der Waals surface area contributed by atoms with Gasteiger partial charge >= 0.3 is 88.8 Å². The molecule has 14 heavy (non-hydrogen) atoms. The van der Waals surface area contributed by atoms with Crippen LogP contribution in [0.4, 0.5) is 0 Å². The zero-order valence-corrected chi connectivity index (χ0v) is 9.78. The first-order valence-electron chi connectivity index (χ1n) is 4.32. The fourth-order valence-corrected chi connectivity index (χ4v) is 2.37. The molecule has 0 aliphatic carbocycles. The molecular weight excluding hydrogens is 237 g/mol. The van der Waals surface area contributed by atoms with Gasteiger partial charge in [0.2, 0.25) is 0 Å². The van der Waals surface area contributed by atoms with E-state index in [0.29, 0.717) is 0 Å². The molecule has 3 nitrogen and oxygen atoms in total. The van der Waals surface area contributed by atoms with E-state index >= 15 is 0 Å². The van der Waals surface area contributed by atoms with Gasteiger partial charge in [0.25, 0.3) is 0 Å². The fourth-order valence-electron chi connectivity index (χ4n) is 1.65. The predicted molar refractivity (Wildman–Crippen MR) is 59.6 cm³/mol. The van der Waals surface area contributed by atoms with Gasteiger partial charge in [-0.05, 0) is 0 Å². The zero-order chi connectivity index (χ0) is 9.54. The Morgan fingerprint density at radius 2 is 2.14 bits per heavy atom. The molecule has 68 valence electrons. The molecule has 1 aromatic carbocycles. The van der Waals surface area contributed by atoms with Crippen molar-refractivity contribution in [3.8, 4) is 0 Å². The number of para-hydroxylation sites is 1. The Hall–Kier alpha value is -1.34. The van der Waals surface area contributed by atoms with E-state index in [2.05, 4.69) is 33.2 Å². The monoisotopic (exact) mass is 245 g/mol. The van der Waals surface area contributed by atoms with Gasteiger partial charge in [0.15, 0.2) is 0 Å². The minimum absolute atomic E-state index is 0.926. The molecule has 0 amide bonds. The number of hydrogen-bond acceptors (Lipinski definition) is 2. The average Bonchev–Trinajstić information content (AvgIpc) is 2.66. The van der Waals surface area contributed by atoms with Crippen LogP contribution in [0.2, 0.25) is 0 Å². The number of nitrogens with one attached hydrogen (secondary N) is 1. The van der Waals surface area contributed by atoms with Gasteiger partial charge in [-0.1, -0.05) is 0 Å². The maximum absolute atomic E-state index is 4.41. The Morgan fingerprint density at radius 3 is 3.07 bits per heavy atom. The van der Waals surface area contributed by atoms with E-state index in [1.54, 1.807) is 23.2 Å². The van der Waals surface area contributed by atoms with Gasteiger partial charge in [0.1, 0.15) is 0 Å². The van der Waals surface area contributed by atoms with Crippen LogP contribution in [0.3, 0.4) is 0 Å². The van der Waals surface area contributed by atoms with Crippen molar-refractivity contribution < 1.29 is 0 Å². The second-order valence-corrected chi connectivity index (χ2v) is 4.47. The van der Waals surface area contributed by atoms with Crippen LogP contribution in [0.1, 0.15) is 0 Å². The van der Waals surface area contributed by atoms with E-state index in [1.807, 2.05) is 6.20 Å². The Bertz CT molecular complexity index is 615. The van der Waals surface area contributed by atoms with Crippen LogP contribution >= 0.6 is 0 Å². The molecule has 0 saturated carbocycles. The SMILES string of the molecule is [AsH2]c1cccc2c1ncc1nc[nH]c12. The number of rotatable bonds is 0. The van der Waals surface area contributed by atoms with Crippen molar-refractivity contribution in [2.45, 2.75) is 0 Å². The summed E-state index contributed by atoms with van der Waals surface area (Å²) >= 11 is 1.60. The molecule has 0 saturated heterocycles. The second-order valence-electron chi connectivity index (χ2n) is 3.16. The molecule has 3 aromatic rings. The van der Waals surface area contributed by atoms with E-state index in [1.165, 1.54) is 4.35 Å². The molecular formula is C10H8AsN3. The molecule has 0 aliphatic heterocycles. The van der Waals surface area contributed by atoms with Crippen molar-refractivity contribution in [1.29, 1.82) is 0 Å². The third-order valence-corrected chi connectivity index (χ3v) is 3.30. The topological polar surface area (TPSA) is 41.6 Å². The van der Waals surface area contributed by atoms with Gasteiger partial charge < -0.3 is 0 Å². The average molecular weight is 245 g/mol. The van der Waals surface area contributed by atoms with Crippen LogP contribution in [-0.2, 0) is 0 Å². The van der Waals surface area contributed by atoms with E-state index in [-0.39, 0.29) is 0 Å². The van der Waals surface area contributed by atoms with Gasteiger partial charge in [-0.2, -0.15) is 0 Å². The van der Waals surface area contributed by atoms with Gasteiger partial charge in [0, 0.05) is 0 Å². The molecule has 0 spiro atoms. The third-order valence-electron chi connectivity index (χ3n) is 2.32. The molecule has 0 radical (unpaired) electrons. The second kappa shape index (κ2) is 2.82. The molecule has 3 rings (SSSR count). The van der Waals surface area contributed by atoms with E-state index in [0.717, 1.165) is 21.9 Å². The van der Waals surface area contributed by atoms with E-state index in [4.69, 9.17) is 0 Å². The number of aromatic nitrogens is 3. The molecule has 1 unspecified atom stereocenters. The maximum atomic E-state index is 4.41. The summed E-state index contributed by atoms with van der Waals surface area (Å²) in [4.78, 5) is 11.7. The number of pyridine rings is 1. The summed E-state index contributed by atoms with van der Waals surface area (Å²) in [5, 5.41) is 1.15. The van der Waals surface area contributed by atoms with Crippen molar-refractivity contribution in [3.63, 3.8) is 0 Å². The molecule has 2 heterocycles. The summed E-state index contributed by atoms with van der Waals surface area (Å²) in [5.41, 5.74) is 3.08. The Morgan fingerprint density at radius 1 is 1.21 bits per heavy atom. The normalized spacial score (nSPS) is 11.2. The van der Waals surface area contributed by atoms with Gasteiger partial charge in [-0.25, -0.2) is 0 Å². The zero-order valence-electron chi connectivity index (χ0n) is 7.36. The van der Waals surface area contributed by atoms with Crippen LogP contribution in [0.5, 0.6) is 0 Å². The Kier molecular flexibility index (Phi) is 1.61. The third kappa shape index (κ3) is 0.992. The van der Waals surface area contributed by atoms with Crippen molar-refractivity contribution in [2.24, 2.45) is 0 Å². The molecule has 0 bridgehead atoms. The van der Waals surface area contributed by atoms with Crippen molar-refractivity contribution >= 4 is 43.1 Å². The van der Waals surface area contributed by atoms with Crippen LogP contribution in [0, 0.1) is 0 Å². The summed E-state index contributed by atoms with van der Waals surface area (Å²) in [7, 11) is 0. The molecule has 4 heteroatoms. The van der Waals surface area contributed by atoms with Crippen LogP contribution < -0.4 is 4.35 Å². The minimum atomic E-state index is 0.926. The van der Waals surface area contributed by atoms with Crippen molar-refractivity contribution in [1.82, 2.24) is 15.0 Å². The Labute approximate surface area is 89.1 Å². The number of aromatic amines is 1. The quantitative estimate of drug-likeness (QED) is 0.581. The van der Waals surface area contributed by atoms with Gasteiger partial charge in [-0.15, -0.1) is 0 Å². The first-order chi connectivity index (χ1) is 6.86. The van der Waals surface area contributed by atoms with Crippen molar-refractivity contribution in [3.05, 3.63) is 30.7 Å². The molecule has 1 atom stereocenters. The summed E-state index contributed by atoms with van der Waals surface area (Å²) in [5.74, 6) is 0. The van der Waals surface area contributed by atoms with Gasteiger partial charge in [0.05, 0.1) is 0 Å². The predicted octanol–water partition coefficient (Wildman–Crippen LogP) is 0.369.